The summed E-state index contributed by atoms with van der Waals surface area (Å²) in [6.07, 6.45) is 2.85. The molecule has 4 nitrogen and oxygen atoms in total. The average molecular weight is 276 g/mol. The van der Waals surface area contributed by atoms with Crippen molar-refractivity contribution in [1.29, 1.82) is 0 Å². The van der Waals surface area contributed by atoms with Gasteiger partial charge in [-0.1, -0.05) is 13.0 Å². The van der Waals surface area contributed by atoms with Crippen LogP contribution in [0.3, 0.4) is 0 Å². The highest BCUT2D eigenvalue weighted by atomic mass is 15.3. The number of aromatic nitrogens is 1. The van der Waals surface area contributed by atoms with Crippen molar-refractivity contribution in [2.24, 2.45) is 5.73 Å². The lowest BCUT2D eigenvalue weighted by molar-refractivity contribution is 0.0664. The molecule has 0 radical (unpaired) electrons. The molecular formula is C16H28N4. The van der Waals surface area contributed by atoms with Gasteiger partial charge in [-0.3, -0.25) is 14.8 Å². The molecule has 0 spiro atoms. The van der Waals surface area contributed by atoms with E-state index in [0.29, 0.717) is 6.04 Å². The molecule has 2 rings (SSSR count). The first kappa shape index (κ1) is 15.4. The normalized spacial score (nSPS) is 21.1. The number of nitrogens with two attached hydrogens (primary N) is 1. The fourth-order valence-corrected chi connectivity index (χ4v) is 2.98. The summed E-state index contributed by atoms with van der Waals surface area (Å²) in [5.41, 5.74) is 7.49. The highest BCUT2D eigenvalue weighted by Gasteiger charge is 2.30. The summed E-state index contributed by atoms with van der Waals surface area (Å²) in [4.78, 5) is 9.58. The molecule has 4 heteroatoms. The van der Waals surface area contributed by atoms with E-state index in [4.69, 9.17) is 5.73 Å². The van der Waals surface area contributed by atoms with E-state index >= 15 is 0 Å². The third-order valence-electron chi connectivity index (χ3n) is 4.34. The molecule has 1 fully saturated rings. The van der Waals surface area contributed by atoms with Crippen LogP contribution < -0.4 is 5.73 Å². The standard InChI is InChI=1S/C16H28N4/c1-4-14(17)16(15-7-5-6-8-18-15)20-11-9-19(10-12-20)13(2)3/h5-8,13-14,16H,4,9-12,17H2,1-3H3. The second-order valence-electron chi connectivity index (χ2n) is 5.94. The molecular weight excluding hydrogens is 248 g/mol. The molecule has 1 aliphatic rings. The molecule has 0 amide bonds. The Morgan fingerprint density at radius 1 is 1.15 bits per heavy atom. The maximum absolute atomic E-state index is 6.38. The number of nitrogens with zero attached hydrogens (tertiary/aromatic N) is 3. The van der Waals surface area contributed by atoms with E-state index in [1.165, 1.54) is 0 Å². The van der Waals surface area contributed by atoms with Crippen LogP contribution in [0.1, 0.15) is 38.9 Å². The summed E-state index contributed by atoms with van der Waals surface area (Å²) in [6.45, 7) is 11.1. The molecule has 1 saturated heterocycles. The average Bonchev–Trinajstić information content (AvgIpc) is 2.49. The monoisotopic (exact) mass is 276 g/mol. The fraction of sp³-hybridized carbons (Fsp3) is 0.688. The molecule has 0 saturated carbocycles. The van der Waals surface area contributed by atoms with Crippen LogP contribution in [0.4, 0.5) is 0 Å². The Morgan fingerprint density at radius 3 is 2.30 bits per heavy atom. The van der Waals surface area contributed by atoms with Crippen molar-refractivity contribution in [2.45, 2.75) is 45.3 Å². The maximum Gasteiger partial charge on any atom is 0.0674 e. The quantitative estimate of drug-likeness (QED) is 0.892. The number of rotatable bonds is 5. The topological polar surface area (TPSA) is 45.4 Å². The van der Waals surface area contributed by atoms with Crippen molar-refractivity contribution in [1.82, 2.24) is 14.8 Å². The molecule has 0 aromatic carbocycles. The van der Waals surface area contributed by atoms with Crippen molar-refractivity contribution in [3.05, 3.63) is 30.1 Å². The van der Waals surface area contributed by atoms with E-state index in [0.717, 1.165) is 38.3 Å². The molecule has 2 N–H and O–H groups in total. The Hall–Kier alpha value is -0.970. The minimum Gasteiger partial charge on any atom is -0.326 e. The Morgan fingerprint density at radius 2 is 1.80 bits per heavy atom. The highest BCUT2D eigenvalue weighted by molar-refractivity contribution is 5.12. The predicted octanol–water partition coefficient (Wildman–Crippen LogP) is 1.89. The van der Waals surface area contributed by atoms with E-state index in [1.54, 1.807) is 0 Å². The van der Waals surface area contributed by atoms with Gasteiger partial charge in [0.05, 0.1) is 11.7 Å². The zero-order chi connectivity index (χ0) is 14.5. The lowest BCUT2D eigenvalue weighted by Crippen LogP contribution is -2.53. The van der Waals surface area contributed by atoms with Crippen molar-refractivity contribution >= 4 is 0 Å². The minimum atomic E-state index is 0.149. The number of pyridine rings is 1. The van der Waals surface area contributed by atoms with Gasteiger partial charge in [-0.2, -0.15) is 0 Å². The van der Waals surface area contributed by atoms with Gasteiger partial charge >= 0.3 is 0 Å². The molecule has 20 heavy (non-hydrogen) atoms. The molecule has 112 valence electrons. The largest absolute Gasteiger partial charge is 0.326 e. The van der Waals surface area contributed by atoms with E-state index in [-0.39, 0.29) is 12.1 Å². The van der Waals surface area contributed by atoms with Crippen LogP contribution in [0, 0.1) is 0 Å². The summed E-state index contributed by atoms with van der Waals surface area (Å²) in [5, 5.41) is 0. The number of hydrogen-bond donors (Lipinski definition) is 1. The van der Waals surface area contributed by atoms with Gasteiger partial charge < -0.3 is 5.73 Å². The Kier molecular flexibility index (Phi) is 5.52. The summed E-state index contributed by atoms with van der Waals surface area (Å²) >= 11 is 0. The molecule has 2 unspecified atom stereocenters. The molecule has 0 bridgehead atoms. The van der Waals surface area contributed by atoms with Gasteiger partial charge in [-0.05, 0) is 32.4 Å². The van der Waals surface area contributed by atoms with Gasteiger partial charge in [-0.25, -0.2) is 0 Å². The molecule has 1 aliphatic heterocycles. The van der Waals surface area contributed by atoms with Crippen LogP contribution in [0.5, 0.6) is 0 Å². The molecule has 2 heterocycles. The summed E-state index contributed by atoms with van der Waals surface area (Å²) < 4.78 is 0. The van der Waals surface area contributed by atoms with E-state index in [2.05, 4.69) is 47.7 Å². The van der Waals surface area contributed by atoms with Crippen LogP contribution in [0.15, 0.2) is 24.4 Å². The van der Waals surface area contributed by atoms with E-state index < -0.39 is 0 Å². The van der Waals surface area contributed by atoms with Crippen molar-refractivity contribution in [2.75, 3.05) is 26.2 Å². The SMILES string of the molecule is CCC(N)C(c1ccccn1)N1CCN(C(C)C)CC1. The first-order valence-corrected chi connectivity index (χ1v) is 7.78. The maximum atomic E-state index is 6.38. The van der Waals surface area contributed by atoms with Gasteiger partial charge in [0, 0.05) is 44.5 Å². The first-order chi connectivity index (χ1) is 9.63. The Labute approximate surface area is 123 Å². The minimum absolute atomic E-state index is 0.149. The zero-order valence-electron chi connectivity index (χ0n) is 13.0. The number of hydrogen-bond acceptors (Lipinski definition) is 4. The number of piperazine rings is 1. The lowest BCUT2D eigenvalue weighted by Gasteiger charge is -2.42. The molecule has 2 atom stereocenters. The summed E-state index contributed by atoms with van der Waals surface area (Å²) in [6, 6.07) is 7.16. The Balaban J connectivity index is 2.09. The van der Waals surface area contributed by atoms with Crippen LogP contribution in [-0.2, 0) is 0 Å². The summed E-state index contributed by atoms with van der Waals surface area (Å²) in [5.74, 6) is 0. The van der Waals surface area contributed by atoms with Crippen LogP contribution in [0.25, 0.3) is 0 Å². The van der Waals surface area contributed by atoms with Crippen molar-refractivity contribution < 1.29 is 0 Å². The molecule has 1 aromatic heterocycles. The van der Waals surface area contributed by atoms with Crippen LogP contribution >= 0.6 is 0 Å². The van der Waals surface area contributed by atoms with Gasteiger partial charge in [0.1, 0.15) is 0 Å². The van der Waals surface area contributed by atoms with E-state index in [1.807, 2.05) is 12.3 Å². The Bertz CT molecular complexity index is 385. The highest BCUT2D eigenvalue weighted by Crippen LogP contribution is 2.25. The molecule has 0 aliphatic carbocycles. The second kappa shape index (κ2) is 7.16. The van der Waals surface area contributed by atoms with Gasteiger partial charge in [-0.15, -0.1) is 0 Å². The van der Waals surface area contributed by atoms with Crippen molar-refractivity contribution in [3.63, 3.8) is 0 Å². The van der Waals surface area contributed by atoms with Gasteiger partial charge in [0.25, 0.3) is 0 Å². The zero-order valence-corrected chi connectivity index (χ0v) is 13.0. The third kappa shape index (κ3) is 3.57. The van der Waals surface area contributed by atoms with Gasteiger partial charge in [0.2, 0.25) is 0 Å². The van der Waals surface area contributed by atoms with Gasteiger partial charge in [0.15, 0.2) is 0 Å². The smallest absolute Gasteiger partial charge is 0.0674 e. The van der Waals surface area contributed by atoms with E-state index in [9.17, 15) is 0 Å². The van der Waals surface area contributed by atoms with Crippen LogP contribution in [0.2, 0.25) is 0 Å². The fourth-order valence-electron chi connectivity index (χ4n) is 2.98. The first-order valence-electron chi connectivity index (χ1n) is 7.78. The lowest BCUT2D eigenvalue weighted by atomic mass is 9.99. The predicted molar refractivity (Wildman–Crippen MR) is 83.5 cm³/mol. The summed E-state index contributed by atoms with van der Waals surface area (Å²) in [7, 11) is 0. The molecule has 1 aromatic rings. The second-order valence-corrected chi connectivity index (χ2v) is 5.94. The van der Waals surface area contributed by atoms with Crippen LogP contribution in [-0.4, -0.2) is 53.0 Å². The van der Waals surface area contributed by atoms with Crippen molar-refractivity contribution in [3.8, 4) is 0 Å². The third-order valence-corrected chi connectivity index (χ3v) is 4.34.